The van der Waals surface area contributed by atoms with Gasteiger partial charge in [0, 0.05) is 10.9 Å². The van der Waals surface area contributed by atoms with E-state index in [4.69, 9.17) is 5.26 Å². The minimum atomic E-state index is -3.31. The Bertz CT molecular complexity index is 570. The lowest BCUT2D eigenvalue weighted by Crippen LogP contribution is -2.17. The number of nitrogens with zero attached hydrogens (tertiary/aromatic N) is 1. The van der Waals surface area contributed by atoms with Crippen LogP contribution in [0.1, 0.15) is 19.3 Å². The van der Waals surface area contributed by atoms with E-state index in [1.165, 1.54) is 0 Å². The molecule has 0 atom stereocenters. The van der Waals surface area contributed by atoms with Crippen LogP contribution in [0.25, 0.3) is 0 Å². The molecule has 3 nitrogen and oxygen atoms in total. The summed E-state index contributed by atoms with van der Waals surface area (Å²) in [6, 6.07) is 8.89. The summed E-state index contributed by atoms with van der Waals surface area (Å²) in [7, 11) is -3.31. The topological polar surface area (TPSA) is 57.9 Å². The van der Waals surface area contributed by atoms with Crippen molar-refractivity contribution in [2.75, 3.05) is 5.75 Å². The van der Waals surface area contributed by atoms with Crippen LogP contribution in [0, 0.1) is 16.7 Å². The molecule has 1 aromatic carbocycles. The van der Waals surface area contributed by atoms with Crippen LogP contribution >= 0.6 is 15.9 Å². The van der Waals surface area contributed by atoms with Crippen molar-refractivity contribution in [3.8, 4) is 6.07 Å². The molecule has 17 heavy (non-hydrogen) atoms. The summed E-state index contributed by atoms with van der Waals surface area (Å²) in [6.07, 6.45) is 2.01. The third-order valence-corrected chi connectivity index (χ3v) is 6.05. The van der Waals surface area contributed by atoms with Crippen LogP contribution in [0.2, 0.25) is 0 Å². The van der Waals surface area contributed by atoms with Gasteiger partial charge in [-0.1, -0.05) is 12.1 Å². The molecule has 5 heteroatoms. The Kier molecular flexibility index (Phi) is 3.28. The zero-order valence-electron chi connectivity index (χ0n) is 9.19. The molecule has 0 spiro atoms. The first-order valence-corrected chi connectivity index (χ1v) is 7.78. The molecular formula is C12H12BrNO2S. The molecule has 1 saturated carbocycles. The van der Waals surface area contributed by atoms with Gasteiger partial charge in [-0.2, -0.15) is 5.26 Å². The first-order chi connectivity index (χ1) is 7.99. The maximum Gasteiger partial charge on any atom is 0.180 e. The zero-order chi connectivity index (χ0) is 12.5. The number of benzene rings is 1. The van der Waals surface area contributed by atoms with Crippen molar-refractivity contribution < 1.29 is 8.42 Å². The summed E-state index contributed by atoms with van der Waals surface area (Å²) < 4.78 is 25.1. The number of halogens is 1. The lowest BCUT2D eigenvalue weighted by Gasteiger charge is -2.12. The Morgan fingerprint density at radius 2 is 2.00 bits per heavy atom. The van der Waals surface area contributed by atoms with E-state index < -0.39 is 9.84 Å². The van der Waals surface area contributed by atoms with Crippen molar-refractivity contribution >= 4 is 25.8 Å². The van der Waals surface area contributed by atoms with E-state index in [1.54, 1.807) is 24.3 Å². The van der Waals surface area contributed by atoms with Crippen LogP contribution in [0.3, 0.4) is 0 Å². The highest BCUT2D eigenvalue weighted by molar-refractivity contribution is 9.10. The lowest BCUT2D eigenvalue weighted by molar-refractivity contribution is 0.547. The maximum absolute atomic E-state index is 12.2. The van der Waals surface area contributed by atoms with E-state index in [9.17, 15) is 8.42 Å². The van der Waals surface area contributed by atoms with Gasteiger partial charge in [-0.3, -0.25) is 0 Å². The molecule has 90 valence electrons. The summed E-state index contributed by atoms with van der Waals surface area (Å²) in [5.74, 6) is 0.0795. The Balaban J connectivity index is 2.27. The number of rotatable bonds is 4. The van der Waals surface area contributed by atoms with Crippen LogP contribution in [0.5, 0.6) is 0 Å². The first-order valence-electron chi connectivity index (χ1n) is 5.33. The van der Waals surface area contributed by atoms with Crippen molar-refractivity contribution in [3.05, 3.63) is 28.7 Å². The molecule has 1 aliphatic carbocycles. The molecule has 0 N–H and O–H groups in total. The van der Waals surface area contributed by atoms with Crippen molar-refractivity contribution in [2.45, 2.75) is 24.2 Å². The van der Waals surface area contributed by atoms with E-state index in [2.05, 4.69) is 22.0 Å². The molecule has 0 heterocycles. The zero-order valence-corrected chi connectivity index (χ0v) is 11.6. The van der Waals surface area contributed by atoms with E-state index in [0.29, 0.717) is 15.8 Å². The van der Waals surface area contributed by atoms with Gasteiger partial charge in [0.1, 0.15) is 0 Å². The largest absolute Gasteiger partial charge is 0.224 e. The van der Waals surface area contributed by atoms with Crippen molar-refractivity contribution in [1.82, 2.24) is 0 Å². The molecule has 0 unspecified atom stereocenters. The summed E-state index contributed by atoms with van der Waals surface area (Å²) in [5, 5.41) is 8.71. The molecule has 1 fully saturated rings. The van der Waals surface area contributed by atoms with Crippen LogP contribution in [0.15, 0.2) is 33.6 Å². The monoisotopic (exact) mass is 313 g/mol. The van der Waals surface area contributed by atoms with Gasteiger partial charge in [0.15, 0.2) is 9.84 Å². The van der Waals surface area contributed by atoms with Gasteiger partial charge in [-0.05, 0) is 46.3 Å². The number of sulfone groups is 1. The summed E-state index contributed by atoms with van der Waals surface area (Å²) >= 11 is 3.25. The van der Waals surface area contributed by atoms with Gasteiger partial charge < -0.3 is 0 Å². The molecule has 0 radical (unpaired) electrons. The molecule has 1 aromatic rings. The van der Waals surface area contributed by atoms with Gasteiger partial charge in [0.05, 0.1) is 16.7 Å². The quantitative estimate of drug-likeness (QED) is 0.858. The van der Waals surface area contributed by atoms with Crippen LogP contribution in [-0.4, -0.2) is 14.2 Å². The average molecular weight is 314 g/mol. The number of hydrogen-bond acceptors (Lipinski definition) is 3. The fraction of sp³-hybridized carbons (Fsp3) is 0.417. The molecular weight excluding hydrogens is 302 g/mol. The maximum atomic E-state index is 12.2. The summed E-state index contributed by atoms with van der Waals surface area (Å²) in [4.78, 5) is 0.323. The summed E-state index contributed by atoms with van der Waals surface area (Å²) in [6.45, 7) is 0. The minimum Gasteiger partial charge on any atom is -0.224 e. The highest BCUT2D eigenvalue weighted by Crippen LogP contribution is 2.50. The van der Waals surface area contributed by atoms with E-state index >= 15 is 0 Å². The van der Waals surface area contributed by atoms with E-state index in [1.807, 2.05) is 0 Å². The third-order valence-electron chi connectivity index (χ3n) is 3.08. The fourth-order valence-electron chi connectivity index (χ4n) is 1.89. The van der Waals surface area contributed by atoms with Gasteiger partial charge in [-0.25, -0.2) is 8.42 Å². The van der Waals surface area contributed by atoms with Crippen molar-refractivity contribution in [2.24, 2.45) is 5.41 Å². The average Bonchev–Trinajstić information content (AvgIpc) is 2.97. The molecule has 1 aliphatic rings. The normalized spacial score (nSPS) is 17.4. The predicted molar refractivity (Wildman–Crippen MR) is 68.1 cm³/mol. The lowest BCUT2D eigenvalue weighted by atomic mass is 10.1. The molecule has 2 rings (SSSR count). The second-order valence-corrected chi connectivity index (χ2v) is 7.34. The molecule has 0 aliphatic heterocycles. The first kappa shape index (κ1) is 12.6. The fourth-order valence-corrected chi connectivity index (χ4v) is 4.92. The SMILES string of the molecule is N#CCC1(CS(=O)(=O)c2ccccc2Br)CC1. The Morgan fingerprint density at radius 1 is 1.35 bits per heavy atom. The third kappa shape index (κ3) is 2.70. The smallest absolute Gasteiger partial charge is 0.180 e. The van der Waals surface area contributed by atoms with Crippen molar-refractivity contribution in [1.29, 1.82) is 5.26 Å². The second kappa shape index (κ2) is 4.43. The Hall–Kier alpha value is -0.860. The Labute approximate surface area is 110 Å². The highest BCUT2D eigenvalue weighted by Gasteiger charge is 2.46. The van der Waals surface area contributed by atoms with E-state index in [-0.39, 0.29) is 11.2 Å². The number of nitriles is 1. The second-order valence-electron chi connectivity index (χ2n) is 4.52. The predicted octanol–water partition coefficient (Wildman–Crippen LogP) is 2.92. The van der Waals surface area contributed by atoms with Crippen molar-refractivity contribution in [3.63, 3.8) is 0 Å². The van der Waals surface area contributed by atoms with Gasteiger partial charge in [-0.15, -0.1) is 0 Å². The molecule has 0 amide bonds. The Morgan fingerprint density at radius 3 is 2.53 bits per heavy atom. The van der Waals surface area contributed by atoms with E-state index in [0.717, 1.165) is 12.8 Å². The van der Waals surface area contributed by atoms with Crippen LogP contribution < -0.4 is 0 Å². The number of hydrogen-bond donors (Lipinski definition) is 0. The van der Waals surface area contributed by atoms with Gasteiger partial charge in [0.25, 0.3) is 0 Å². The molecule has 0 aromatic heterocycles. The standard InChI is InChI=1S/C12H12BrNO2S/c13-10-3-1-2-4-11(10)17(15,16)9-12(5-6-12)7-8-14/h1-4H,5-7,9H2. The van der Waals surface area contributed by atoms with Crippen LogP contribution in [0.4, 0.5) is 0 Å². The van der Waals surface area contributed by atoms with Gasteiger partial charge in [0.2, 0.25) is 0 Å². The molecule has 0 bridgehead atoms. The highest BCUT2D eigenvalue weighted by atomic mass is 79.9. The van der Waals surface area contributed by atoms with Crippen LogP contribution in [-0.2, 0) is 9.84 Å². The molecule has 0 saturated heterocycles. The summed E-state index contributed by atoms with van der Waals surface area (Å²) in [5.41, 5.74) is -0.289. The minimum absolute atomic E-state index is 0.0795. The van der Waals surface area contributed by atoms with Gasteiger partial charge >= 0.3 is 0 Å².